The molecule has 2 aliphatic heterocycles. The van der Waals surface area contributed by atoms with Crippen molar-refractivity contribution < 1.29 is 9.53 Å². The Bertz CT molecular complexity index is 611. The molecule has 1 aromatic rings. The van der Waals surface area contributed by atoms with Crippen LogP contribution in [0.2, 0.25) is 0 Å². The van der Waals surface area contributed by atoms with Gasteiger partial charge in [0.05, 0.1) is 0 Å². The number of likely N-dealkylation sites (tertiary alicyclic amines) is 1. The number of hydrogen-bond donors (Lipinski definition) is 2. The fourth-order valence-electron chi connectivity index (χ4n) is 4.20. The fourth-order valence-corrected chi connectivity index (χ4v) is 4.20. The van der Waals surface area contributed by atoms with E-state index < -0.39 is 0 Å². The molecular weight excluding hydrogens is 366 g/mol. The van der Waals surface area contributed by atoms with E-state index in [1.165, 1.54) is 25.7 Å². The summed E-state index contributed by atoms with van der Waals surface area (Å²) < 4.78 is 5.12. The maximum atomic E-state index is 12.3. The van der Waals surface area contributed by atoms with Gasteiger partial charge in [0.1, 0.15) is 5.82 Å². The predicted molar refractivity (Wildman–Crippen MR) is 116 cm³/mol. The Morgan fingerprint density at radius 2 is 1.93 bits per heavy atom. The molecule has 0 aromatic carbocycles. The average Bonchev–Trinajstić information content (AvgIpc) is 3.04. The highest BCUT2D eigenvalue weighted by Gasteiger charge is 2.20. The Labute approximate surface area is 175 Å². The number of rotatable bonds is 8. The van der Waals surface area contributed by atoms with Crippen molar-refractivity contribution in [1.82, 2.24) is 20.5 Å². The Kier molecular flexibility index (Phi) is 9.02. The van der Waals surface area contributed by atoms with Crippen LogP contribution in [-0.2, 0) is 11.3 Å². The van der Waals surface area contributed by atoms with Crippen LogP contribution in [0.1, 0.15) is 50.5 Å². The summed E-state index contributed by atoms with van der Waals surface area (Å²) in [6.07, 6.45) is 10.0. The summed E-state index contributed by atoms with van der Waals surface area (Å²) in [5.41, 5.74) is 1.10. The first-order chi connectivity index (χ1) is 14.2. The minimum absolute atomic E-state index is 0.0732. The van der Waals surface area contributed by atoms with E-state index in [0.717, 1.165) is 70.0 Å². The highest BCUT2D eigenvalue weighted by atomic mass is 16.5. The molecule has 0 bridgehead atoms. The number of piperidine rings is 1. The SMILES string of the molecule is COCCCN1CCC(NC(=O)NCc2ccnc(N3CCCCCC3)c2)CC1. The molecule has 7 nitrogen and oxygen atoms in total. The molecule has 0 aliphatic carbocycles. The number of ether oxygens (including phenoxy) is 1. The number of carbonyl (C=O) groups is 1. The monoisotopic (exact) mass is 403 g/mol. The van der Waals surface area contributed by atoms with Gasteiger partial charge in [0.25, 0.3) is 0 Å². The van der Waals surface area contributed by atoms with Gasteiger partial charge in [-0.15, -0.1) is 0 Å². The summed E-state index contributed by atoms with van der Waals surface area (Å²) in [7, 11) is 1.75. The minimum Gasteiger partial charge on any atom is -0.385 e. The van der Waals surface area contributed by atoms with Crippen molar-refractivity contribution in [2.24, 2.45) is 0 Å². The van der Waals surface area contributed by atoms with E-state index in [0.29, 0.717) is 6.54 Å². The quantitative estimate of drug-likeness (QED) is 0.653. The standard InChI is InChI=1S/C22H37N5O2/c1-29-16-6-11-26-14-8-20(9-15-26)25-22(28)24-18-19-7-10-23-21(17-19)27-12-4-2-3-5-13-27/h7,10,17,20H,2-6,8-9,11-16,18H2,1H3,(H2,24,25,28). The first-order valence-corrected chi connectivity index (χ1v) is 11.2. The summed E-state index contributed by atoms with van der Waals surface area (Å²) in [4.78, 5) is 21.7. The average molecular weight is 404 g/mol. The normalized spacial score (nSPS) is 19.0. The van der Waals surface area contributed by atoms with E-state index in [1.54, 1.807) is 7.11 Å². The van der Waals surface area contributed by atoms with Gasteiger partial charge < -0.3 is 25.2 Å². The molecule has 0 saturated carbocycles. The summed E-state index contributed by atoms with van der Waals surface area (Å²) in [6, 6.07) is 4.29. The Balaban J connectivity index is 1.38. The Morgan fingerprint density at radius 3 is 2.66 bits per heavy atom. The number of urea groups is 1. The van der Waals surface area contributed by atoms with Gasteiger partial charge in [0, 0.05) is 65.2 Å². The van der Waals surface area contributed by atoms with Crippen molar-refractivity contribution in [2.45, 2.75) is 57.5 Å². The first-order valence-electron chi connectivity index (χ1n) is 11.2. The van der Waals surface area contributed by atoms with Gasteiger partial charge in [-0.2, -0.15) is 0 Å². The summed E-state index contributed by atoms with van der Waals surface area (Å²) in [5, 5.41) is 6.15. The maximum absolute atomic E-state index is 12.3. The third-order valence-corrected chi connectivity index (χ3v) is 5.94. The van der Waals surface area contributed by atoms with Crippen LogP contribution in [-0.4, -0.2) is 68.4 Å². The zero-order valence-electron chi connectivity index (χ0n) is 17.9. The van der Waals surface area contributed by atoms with Crippen molar-refractivity contribution in [3.63, 3.8) is 0 Å². The number of methoxy groups -OCH3 is 1. The third-order valence-electron chi connectivity index (χ3n) is 5.94. The molecule has 29 heavy (non-hydrogen) atoms. The number of nitrogens with zero attached hydrogens (tertiary/aromatic N) is 3. The molecule has 0 radical (unpaired) electrons. The van der Waals surface area contributed by atoms with E-state index >= 15 is 0 Å². The van der Waals surface area contributed by atoms with Crippen molar-refractivity contribution >= 4 is 11.8 Å². The van der Waals surface area contributed by atoms with Gasteiger partial charge in [-0.1, -0.05) is 12.8 Å². The molecule has 3 rings (SSSR count). The van der Waals surface area contributed by atoms with Crippen LogP contribution >= 0.6 is 0 Å². The number of aromatic nitrogens is 1. The fraction of sp³-hybridized carbons (Fsp3) is 0.727. The van der Waals surface area contributed by atoms with Crippen molar-refractivity contribution in [2.75, 3.05) is 51.3 Å². The lowest BCUT2D eigenvalue weighted by Gasteiger charge is -2.32. The zero-order chi connectivity index (χ0) is 20.3. The molecule has 2 N–H and O–H groups in total. The summed E-state index contributed by atoms with van der Waals surface area (Å²) in [5.74, 6) is 1.03. The Morgan fingerprint density at radius 1 is 1.17 bits per heavy atom. The maximum Gasteiger partial charge on any atom is 0.315 e. The van der Waals surface area contributed by atoms with Crippen LogP contribution in [0, 0.1) is 0 Å². The highest BCUT2D eigenvalue weighted by Crippen LogP contribution is 2.18. The lowest BCUT2D eigenvalue weighted by Crippen LogP contribution is -2.47. The molecule has 1 aromatic heterocycles. The number of carbonyl (C=O) groups excluding carboxylic acids is 1. The highest BCUT2D eigenvalue weighted by molar-refractivity contribution is 5.74. The predicted octanol–water partition coefficient (Wildman–Crippen LogP) is 2.76. The van der Waals surface area contributed by atoms with Gasteiger partial charge in [-0.05, 0) is 49.8 Å². The largest absolute Gasteiger partial charge is 0.385 e. The number of hydrogen-bond acceptors (Lipinski definition) is 5. The zero-order valence-corrected chi connectivity index (χ0v) is 17.9. The summed E-state index contributed by atoms with van der Waals surface area (Å²) >= 11 is 0. The molecule has 162 valence electrons. The van der Waals surface area contributed by atoms with E-state index in [9.17, 15) is 4.79 Å². The van der Waals surface area contributed by atoms with Gasteiger partial charge in [-0.3, -0.25) is 0 Å². The lowest BCUT2D eigenvalue weighted by molar-refractivity contribution is 0.153. The van der Waals surface area contributed by atoms with Crippen molar-refractivity contribution in [1.29, 1.82) is 0 Å². The van der Waals surface area contributed by atoms with Crippen LogP contribution in [0.4, 0.5) is 10.6 Å². The van der Waals surface area contributed by atoms with Gasteiger partial charge in [0.15, 0.2) is 0 Å². The van der Waals surface area contributed by atoms with Crippen molar-refractivity contribution in [3.8, 4) is 0 Å². The molecule has 2 fully saturated rings. The van der Waals surface area contributed by atoms with Crippen LogP contribution < -0.4 is 15.5 Å². The first kappa shape index (κ1) is 21.8. The molecule has 3 heterocycles. The van der Waals surface area contributed by atoms with Crippen LogP contribution in [0.5, 0.6) is 0 Å². The van der Waals surface area contributed by atoms with E-state index in [1.807, 2.05) is 12.3 Å². The Hall–Kier alpha value is -1.86. The number of anilines is 1. The van der Waals surface area contributed by atoms with Crippen molar-refractivity contribution in [3.05, 3.63) is 23.9 Å². The van der Waals surface area contributed by atoms with Crippen LogP contribution in [0.25, 0.3) is 0 Å². The van der Waals surface area contributed by atoms with Gasteiger partial charge in [0.2, 0.25) is 0 Å². The molecule has 2 saturated heterocycles. The van der Waals surface area contributed by atoms with E-state index in [2.05, 4.69) is 31.5 Å². The molecule has 0 unspecified atom stereocenters. The van der Waals surface area contributed by atoms with Crippen LogP contribution in [0.15, 0.2) is 18.3 Å². The minimum atomic E-state index is -0.0732. The van der Waals surface area contributed by atoms with E-state index in [-0.39, 0.29) is 12.1 Å². The topological polar surface area (TPSA) is 69.7 Å². The molecule has 2 aliphatic rings. The van der Waals surface area contributed by atoms with Crippen LogP contribution in [0.3, 0.4) is 0 Å². The van der Waals surface area contributed by atoms with Gasteiger partial charge in [-0.25, -0.2) is 9.78 Å². The van der Waals surface area contributed by atoms with E-state index in [4.69, 9.17) is 4.74 Å². The molecule has 2 amide bonds. The smallest absolute Gasteiger partial charge is 0.315 e. The molecular formula is C22H37N5O2. The number of pyridine rings is 1. The molecule has 0 spiro atoms. The molecule has 7 heteroatoms. The second kappa shape index (κ2) is 12.0. The number of nitrogens with one attached hydrogen (secondary N) is 2. The number of amides is 2. The second-order valence-electron chi connectivity index (χ2n) is 8.21. The summed E-state index contributed by atoms with van der Waals surface area (Å²) in [6.45, 7) is 6.66. The van der Waals surface area contributed by atoms with Gasteiger partial charge >= 0.3 is 6.03 Å². The lowest BCUT2D eigenvalue weighted by atomic mass is 10.1. The second-order valence-corrected chi connectivity index (χ2v) is 8.21. The molecule has 0 atom stereocenters. The third kappa shape index (κ3) is 7.48.